The van der Waals surface area contributed by atoms with E-state index < -0.39 is 5.91 Å². The maximum Gasteiger partial charge on any atom is 0.290 e. The summed E-state index contributed by atoms with van der Waals surface area (Å²) in [5.74, 6) is 1.87. The summed E-state index contributed by atoms with van der Waals surface area (Å²) in [5, 5.41) is 11.5. The van der Waals surface area contributed by atoms with Gasteiger partial charge in [0.15, 0.2) is 5.82 Å². The fourth-order valence-corrected chi connectivity index (χ4v) is 4.44. The van der Waals surface area contributed by atoms with Gasteiger partial charge in [-0.25, -0.2) is 9.67 Å². The average Bonchev–Trinajstić information content (AvgIpc) is 3.23. The first kappa shape index (κ1) is 23.7. The number of carbonyl (C=O) groups is 2. The molecule has 0 saturated carbocycles. The van der Waals surface area contributed by atoms with Crippen LogP contribution in [0.15, 0.2) is 24.3 Å². The van der Waals surface area contributed by atoms with Gasteiger partial charge in [0.25, 0.3) is 6.47 Å². The molecule has 0 radical (unpaired) electrons. The van der Waals surface area contributed by atoms with Crippen molar-refractivity contribution < 1.29 is 24.2 Å². The lowest BCUT2D eigenvalue weighted by molar-refractivity contribution is -0.123. The molecular formula is C22H31N5O5. The Kier molecular flexibility index (Phi) is 8.57. The number of rotatable bonds is 6. The third-order valence-corrected chi connectivity index (χ3v) is 5.85. The summed E-state index contributed by atoms with van der Waals surface area (Å²) < 4.78 is 12.9. The number of para-hydroxylation sites is 2. The monoisotopic (exact) mass is 445 g/mol. The van der Waals surface area contributed by atoms with Crippen molar-refractivity contribution in [3.05, 3.63) is 35.9 Å². The highest BCUT2D eigenvalue weighted by Crippen LogP contribution is 2.32. The highest BCUT2D eigenvalue weighted by atomic mass is 16.5. The van der Waals surface area contributed by atoms with E-state index in [4.69, 9.17) is 30.1 Å². The number of hydrogen-bond acceptors (Lipinski definition) is 7. The van der Waals surface area contributed by atoms with E-state index in [0.29, 0.717) is 11.9 Å². The third-order valence-electron chi connectivity index (χ3n) is 5.85. The number of benzene rings is 1. The average molecular weight is 446 g/mol. The largest absolute Gasteiger partial charge is 0.494 e. The van der Waals surface area contributed by atoms with E-state index in [-0.39, 0.29) is 18.8 Å². The number of hydrogen-bond donors (Lipinski definition) is 2. The van der Waals surface area contributed by atoms with Crippen molar-refractivity contribution in [2.45, 2.75) is 44.1 Å². The standard InChI is InChI=1S/C21H29N5O3.CH2O2/c1-28-18-7-3-2-6-17(18)26-21(23-20(24-26)13-19(22)27)15-5-4-10-25(14-15)16-8-11-29-12-9-16;2-1-3/h2-3,6-7,15-16H,4-5,8-14H2,1H3,(H2,22,27);1H,(H,2,3). The van der Waals surface area contributed by atoms with Crippen LogP contribution in [0, 0.1) is 0 Å². The van der Waals surface area contributed by atoms with Gasteiger partial charge >= 0.3 is 0 Å². The van der Waals surface area contributed by atoms with Crippen molar-refractivity contribution in [2.24, 2.45) is 5.73 Å². The number of nitrogens with two attached hydrogens (primary N) is 1. The van der Waals surface area contributed by atoms with Crippen LogP contribution in [0.3, 0.4) is 0 Å². The zero-order valence-electron chi connectivity index (χ0n) is 18.4. The van der Waals surface area contributed by atoms with Gasteiger partial charge in [0.2, 0.25) is 5.91 Å². The van der Waals surface area contributed by atoms with Crippen molar-refractivity contribution in [3.63, 3.8) is 0 Å². The number of carboxylic acid groups (broad SMARTS) is 1. The van der Waals surface area contributed by atoms with Gasteiger partial charge < -0.3 is 20.3 Å². The molecule has 1 unspecified atom stereocenters. The molecule has 4 rings (SSSR count). The van der Waals surface area contributed by atoms with Gasteiger partial charge in [0.05, 0.1) is 13.5 Å². The predicted molar refractivity (Wildman–Crippen MR) is 117 cm³/mol. The van der Waals surface area contributed by atoms with Gasteiger partial charge in [-0.2, -0.15) is 5.10 Å². The summed E-state index contributed by atoms with van der Waals surface area (Å²) >= 11 is 0. The Hall–Kier alpha value is -2.98. The van der Waals surface area contributed by atoms with Crippen LogP contribution in [-0.2, 0) is 20.7 Å². The van der Waals surface area contributed by atoms with Gasteiger partial charge in [-0.1, -0.05) is 12.1 Å². The summed E-state index contributed by atoms with van der Waals surface area (Å²) in [6.07, 6.45) is 4.36. The van der Waals surface area contributed by atoms with Crippen molar-refractivity contribution >= 4 is 12.4 Å². The van der Waals surface area contributed by atoms with Crippen LogP contribution in [0.1, 0.15) is 43.3 Å². The van der Waals surface area contributed by atoms with Crippen LogP contribution >= 0.6 is 0 Å². The summed E-state index contributed by atoms with van der Waals surface area (Å²) in [6, 6.07) is 8.32. The smallest absolute Gasteiger partial charge is 0.290 e. The number of primary amides is 1. The molecule has 2 aliphatic heterocycles. The molecule has 3 N–H and O–H groups in total. The predicted octanol–water partition coefficient (Wildman–Crippen LogP) is 1.36. The fourth-order valence-electron chi connectivity index (χ4n) is 4.44. The Balaban J connectivity index is 0.000000913. The molecule has 0 spiro atoms. The molecule has 2 saturated heterocycles. The van der Waals surface area contributed by atoms with E-state index in [1.54, 1.807) is 7.11 Å². The zero-order valence-corrected chi connectivity index (χ0v) is 18.4. The number of ether oxygens (including phenoxy) is 2. The Labute approximate surface area is 187 Å². The highest BCUT2D eigenvalue weighted by Gasteiger charge is 2.31. The first-order valence-electron chi connectivity index (χ1n) is 10.8. The highest BCUT2D eigenvalue weighted by molar-refractivity contribution is 5.75. The van der Waals surface area contributed by atoms with Gasteiger partial charge in [-0.15, -0.1) is 0 Å². The summed E-state index contributed by atoms with van der Waals surface area (Å²) in [4.78, 5) is 27.2. The number of piperidine rings is 1. The minimum Gasteiger partial charge on any atom is -0.494 e. The SMILES string of the molecule is COc1ccccc1-n1nc(CC(N)=O)nc1C1CCCN(C2CCOCC2)C1.O=CO. The molecule has 174 valence electrons. The maximum atomic E-state index is 11.5. The van der Waals surface area contributed by atoms with Crippen LogP contribution in [0.25, 0.3) is 5.69 Å². The molecule has 2 aliphatic rings. The summed E-state index contributed by atoms with van der Waals surface area (Å²) in [7, 11) is 1.65. The number of carbonyl (C=O) groups excluding carboxylic acids is 1. The van der Waals surface area contributed by atoms with Crippen molar-refractivity contribution in [1.29, 1.82) is 0 Å². The third kappa shape index (κ3) is 5.83. The quantitative estimate of drug-likeness (QED) is 0.637. The Morgan fingerprint density at radius 3 is 2.72 bits per heavy atom. The van der Waals surface area contributed by atoms with E-state index in [1.807, 2.05) is 28.9 Å². The number of aromatic nitrogens is 3. The topological polar surface area (TPSA) is 133 Å². The minimum absolute atomic E-state index is 0.0333. The Bertz CT molecular complexity index is 897. The molecule has 10 nitrogen and oxygen atoms in total. The normalized spacial score (nSPS) is 19.6. The van der Waals surface area contributed by atoms with E-state index >= 15 is 0 Å². The van der Waals surface area contributed by atoms with Gasteiger partial charge in [-0.05, 0) is 44.4 Å². The molecule has 32 heavy (non-hydrogen) atoms. The molecule has 2 fully saturated rings. The molecule has 1 atom stereocenters. The molecule has 2 aromatic rings. The van der Waals surface area contributed by atoms with Crippen molar-refractivity contribution in [2.75, 3.05) is 33.4 Å². The van der Waals surface area contributed by atoms with E-state index in [0.717, 1.165) is 69.2 Å². The Morgan fingerprint density at radius 1 is 1.31 bits per heavy atom. The first-order chi connectivity index (χ1) is 15.6. The van der Waals surface area contributed by atoms with E-state index in [9.17, 15) is 4.79 Å². The lowest BCUT2D eigenvalue weighted by Crippen LogP contribution is -2.45. The molecule has 1 amide bonds. The molecule has 1 aromatic heterocycles. The van der Waals surface area contributed by atoms with E-state index in [1.165, 1.54) is 0 Å². The van der Waals surface area contributed by atoms with E-state index in [2.05, 4.69) is 10.00 Å². The molecule has 3 heterocycles. The van der Waals surface area contributed by atoms with Crippen LogP contribution in [0.5, 0.6) is 5.75 Å². The van der Waals surface area contributed by atoms with Crippen molar-refractivity contribution in [3.8, 4) is 11.4 Å². The molecule has 0 aliphatic carbocycles. The van der Waals surface area contributed by atoms with Crippen molar-refractivity contribution in [1.82, 2.24) is 19.7 Å². The second-order valence-electron chi connectivity index (χ2n) is 7.90. The minimum atomic E-state index is -0.429. The first-order valence-corrected chi connectivity index (χ1v) is 10.8. The fraction of sp³-hybridized carbons (Fsp3) is 0.545. The van der Waals surface area contributed by atoms with Crippen LogP contribution < -0.4 is 10.5 Å². The number of methoxy groups -OCH3 is 1. The zero-order chi connectivity index (χ0) is 22.9. The summed E-state index contributed by atoms with van der Waals surface area (Å²) in [5.41, 5.74) is 6.23. The molecule has 10 heteroatoms. The number of nitrogens with zero attached hydrogens (tertiary/aromatic N) is 4. The van der Waals surface area contributed by atoms with Gasteiger partial charge in [0, 0.05) is 31.7 Å². The maximum absolute atomic E-state index is 11.5. The Morgan fingerprint density at radius 2 is 2.03 bits per heavy atom. The molecule has 1 aromatic carbocycles. The number of likely N-dealkylation sites (tertiary alicyclic amines) is 1. The van der Waals surface area contributed by atoms with Gasteiger partial charge in [0.1, 0.15) is 17.3 Å². The second-order valence-corrected chi connectivity index (χ2v) is 7.90. The van der Waals surface area contributed by atoms with Crippen LogP contribution in [0.4, 0.5) is 0 Å². The number of amides is 1. The summed E-state index contributed by atoms with van der Waals surface area (Å²) in [6.45, 7) is 3.48. The van der Waals surface area contributed by atoms with Gasteiger partial charge in [-0.3, -0.25) is 14.5 Å². The van der Waals surface area contributed by atoms with Crippen LogP contribution in [-0.4, -0.2) is 76.6 Å². The van der Waals surface area contributed by atoms with Crippen LogP contribution in [0.2, 0.25) is 0 Å². The lowest BCUT2D eigenvalue weighted by atomic mass is 9.94. The lowest BCUT2D eigenvalue weighted by Gasteiger charge is -2.39. The second kappa shape index (κ2) is 11.6. The molecular weight excluding hydrogens is 414 g/mol. The molecule has 0 bridgehead atoms.